The van der Waals surface area contributed by atoms with Gasteiger partial charge in [-0.05, 0) is 24.6 Å². The van der Waals surface area contributed by atoms with E-state index in [0.29, 0.717) is 5.56 Å². The van der Waals surface area contributed by atoms with Crippen LogP contribution in [0.2, 0.25) is 0 Å². The van der Waals surface area contributed by atoms with Gasteiger partial charge in [0.1, 0.15) is 11.6 Å². The number of thiazole rings is 1. The third kappa shape index (κ3) is 2.66. The van der Waals surface area contributed by atoms with Gasteiger partial charge in [0.2, 0.25) is 0 Å². The van der Waals surface area contributed by atoms with Crippen LogP contribution in [0.4, 0.5) is 8.78 Å². The standard InChI is InChI=1S/C11H11F2N3S/c1-6-15-5-10(17-6)11(16-14)7-2-8(12)4-9(13)3-7/h2-5,11,16H,14H2,1H3. The maximum atomic E-state index is 13.1. The molecule has 1 unspecified atom stereocenters. The van der Waals surface area contributed by atoms with E-state index in [9.17, 15) is 8.78 Å². The second kappa shape index (κ2) is 4.87. The Morgan fingerprint density at radius 1 is 1.29 bits per heavy atom. The van der Waals surface area contributed by atoms with Crippen molar-refractivity contribution >= 4 is 11.3 Å². The van der Waals surface area contributed by atoms with Crippen molar-refractivity contribution in [1.82, 2.24) is 10.4 Å². The fraction of sp³-hybridized carbons (Fsp3) is 0.182. The molecule has 0 aliphatic carbocycles. The highest BCUT2D eigenvalue weighted by Crippen LogP contribution is 2.27. The predicted octanol–water partition coefficient (Wildman–Crippen LogP) is 2.28. The summed E-state index contributed by atoms with van der Waals surface area (Å²) in [7, 11) is 0. The summed E-state index contributed by atoms with van der Waals surface area (Å²) in [6.07, 6.45) is 1.65. The largest absolute Gasteiger partial charge is 0.271 e. The van der Waals surface area contributed by atoms with Crippen LogP contribution >= 0.6 is 11.3 Å². The molecule has 0 aliphatic heterocycles. The van der Waals surface area contributed by atoms with Gasteiger partial charge in [0.15, 0.2) is 0 Å². The van der Waals surface area contributed by atoms with Gasteiger partial charge in [-0.2, -0.15) is 0 Å². The van der Waals surface area contributed by atoms with Gasteiger partial charge in [0, 0.05) is 17.1 Å². The molecule has 0 fully saturated rings. The Labute approximate surface area is 101 Å². The van der Waals surface area contributed by atoms with Crippen LogP contribution in [0.3, 0.4) is 0 Å². The minimum absolute atomic E-state index is 0.439. The molecule has 3 N–H and O–H groups in total. The molecule has 0 amide bonds. The van der Waals surface area contributed by atoms with Crippen LogP contribution in [0.5, 0.6) is 0 Å². The molecule has 1 heterocycles. The number of benzene rings is 1. The molecular weight excluding hydrogens is 244 g/mol. The van der Waals surface area contributed by atoms with Gasteiger partial charge in [-0.3, -0.25) is 5.84 Å². The lowest BCUT2D eigenvalue weighted by Gasteiger charge is -2.14. The van der Waals surface area contributed by atoms with Crippen molar-refractivity contribution in [3.8, 4) is 0 Å². The van der Waals surface area contributed by atoms with Crippen molar-refractivity contribution < 1.29 is 8.78 Å². The summed E-state index contributed by atoms with van der Waals surface area (Å²) in [6, 6.07) is 2.88. The zero-order valence-electron chi connectivity index (χ0n) is 9.08. The van der Waals surface area contributed by atoms with Crippen LogP contribution in [0.25, 0.3) is 0 Å². The molecule has 3 nitrogen and oxygen atoms in total. The topological polar surface area (TPSA) is 50.9 Å². The lowest BCUT2D eigenvalue weighted by atomic mass is 10.1. The Morgan fingerprint density at radius 2 is 1.94 bits per heavy atom. The molecule has 0 saturated carbocycles. The molecule has 0 aliphatic rings. The van der Waals surface area contributed by atoms with Crippen molar-refractivity contribution in [3.63, 3.8) is 0 Å². The SMILES string of the molecule is Cc1ncc(C(NN)c2cc(F)cc(F)c2)s1. The van der Waals surface area contributed by atoms with Crippen LogP contribution < -0.4 is 11.3 Å². The number of nitrogens with one attached hydrogen (secondary N) is 1. The average Bonchev–Trinajstić information content (AvgIpc) is 2.64. The van der Waals surface area contributed by atoms with Crippen molar-refractivity contribution in [3.05, 3.63) is 51.5 Å². The highest BCUT2D eigenvalue weighted by Gasteiger charge is 2.16. The van der Waals surface area contributed by atoms with E-state index in [1.807, 2.05) is 6.92 Å². The lowest BCUT2D eigenvalue weighted by Crippen LogP contribution is -2.28. The van der Waals surface area contributed by atoms with Gasteiger partial charge in [-0.15, -0.1) is 11.3 Å². The Balaban J connectivity index is 2.41. The molecule has 0 spiro atoms. The van der Waals surface area contributed by atoms with Gasteiger partial charge in [-0.1, -0.05) is 0 Å². The molecule has 1 aromatic carbocycles. The summed E-state index contributed by atoms with van der Waals surface area (Å²) < 4.78 is 26.2. The van der Waals surface area contributed by atoms with Crippen LogP contribution in [0, 0.1) is 18.6 Å². The number of aryl methyl sites for hydroxylation is 1. The zero-order valence-corrected chi connectivity index (χ0v) is 9.89. The predicted molar refractivity (Wildman–Crippen MR) is 62.4 cm³/mol. The van der Waals surface area contributed by atoms with E-state index >= 15 is 0 Å². The highest BCUT2D eigenvalue weighted by atomic mass is 32.1. The first-order valence-corrected chi connectivity index (χ1v) is 5.76. The Hall–Kier alpha value is -1.37. The second-order valence-corrected chi connectivity index (χ2v) is 4.85. The number of rotatable bonds is 3. The number of aromatic nitrogens is 1. The molecule has 90 valence electrons. The fourth-order valence-electron chi connectivity index (χ4n) is 1.60. The van der Waals surface area contributed by atoms with E-state index < -0.39 is 17.7 Å². The number of nitrogens with zero attached hydrogens (tertiary/aromatic N) is 1. The minimum Gasteiger partial charge on any atom is -0.271 e. The van der Waals surface area contributed by atoms with Gasteiger partial charge < -0.3 is 0 Å². The van der Waals surface area contributed by atoms with Crippen LogP contribution in [-0.4, -0.2) is 4.98 Å². The van der Waals surface area contributed by atoms with E-state index in [1.54, 1.807) is 6.20 Å². The summed E-state index contributed by atoms with van der Waals surface area (Å²) in [5, 5.41) is 0.872. The number of halogens is 2. The van der Waals surface area contributed by atoms with E-state index in [-0.39, 0.29) is 0 Å². The number of hydrogen-bond acceptors (Lipinski definition) is 4. The Kier molecular flexibility index (Phi) is 3.46. The maximum absolute atomic E-state index is 13.1. The fourth-order valence-corrected chi connectivity index (χ4v) is 2.47. The number of nitrogens with two attached hydrogens (primary N) is 1. The average molecular weight is 255 g/mol. The molecular formula is C11H11F2N3S. The summed E-state index contributed by atoms with van der Waals surface area (Å²) in [5.41, 5.74) is 2.98. The smallest absolute Gasteiger partial charge is 0.126 e. The summed E-state index contributed by atoms with van der Waals surface area (Å²) in [6.45, 7) is 1.86. The maximum Gasteiger partial charge on any atom is 0.126 e. The van der Waals surface area contributed by atoms with Gasteiger partial charge in [0.05, 0.1) is 11.0 Å². The van der Waals surface area contributed by atoms with E-state index in [2.05, 4.69) is 10.4 Å². The van der Waals surface area contributed by atoms with Gasteiger partial charge in [0.25, 0.3) is 0 Å². The van der Waals surface area contributed by atoms with Gasteiger partial charge in [-0.25, -0.2) is 19.2 Å². The van der Waals surface area contributed by atoms with E-state index in [1.165, 1.54) is 23.5 Å². The van der Waals surface area contributed by atoms with Crippen molar-refractivity contribution in [2.75, 3.05) is 0 Å². The molecule has 0 bridgehead atoms. The summed E-state index contributed by atoms with van der Waals surface area (Å²) in [5.74, 6) is 4.18. The molecule has 6 heteroatoms. The number of hydrogen-bond donors (Lipinski definition) is 2. The lowest BCUT2D eigenvalue weighted by molar-refractivity contribution is 0.567. The van der Waals surface area contributed by atoms with E-state index in [4.69, 9.17) is 5.84 Å². The molecule has 2 rings (SSSR count). The summed E-state index contributed by atoms with van der Waals surface area (Å²) in [4.78, 5) is 4.91. The monoisotopic (exact) mass is 255 g/mol. The third-order valence-electron chi connectivity index (χ3n) is 2.31. The molecule has 0 saturated heterocycles. The van der Waals surface area contributed by atoms with Crippen molar-refractivity contribution in [2.45, 2.75) is 13.0 Å². The quantitative estimate of drug-likeness (QED) is 0.653. The normalized spacial score (nSPS) is 12.7. The van der Waals surface area contributed by atoms with Gasteiger partial charge >= 0.3 is 0 Å². The second-order valence-electron chi connectivity index (χ2n) is 3.58. The Morgan fingerprint density at radius 3 is 2.41 bits per heavy atom. The minimum atomic E-state index is -0.624. The zero-order chi connectivity index (χ0) is 12.4. The highest BCUT2D eigenvalue weighted by molar-refractivity contribution is 7.11. The molecule has 17 heavy (non-hydrogen) atoms. The summed E-state index contributed by atoms with van der Waals surface area (Å²) >= 11 is 1.43. The molecule has 1 aromatic heterocycles. The Bertz CT molecular complexity index is 507. The molecule has 0 radical (unpaired) electrons. The third-order valence-corrected chi connectivity index (χ3v) is 3.29. The van der Waals surface area contributed by atoms with Crippen LogP contribution in [-0.2, 0) is 0 Å². The van der Waals surface area contributed by atoms with Crippen molar-refractivity contribution in [2.24, 2.45) is 5.84 Å². The number of hydrazine groups is 1. The van der Waals surface area contributed by atoms with Crippen molar-refractivity contribution in [1.29, 1.82) is 0 Å². The first-order valence-electron chi connectivity index (χ1n) is 4.94. The molecule has 1 atom stereocenters. The first-order chi connectivity index (χ1) is 8.10. The molecule has 2 aromatic rings. The van der Waals surface area contributed by atoms with Crippen LogP contribution in [0.1, 0.15) is 21.5 Å². The van der Waals surface area contributed by atoms with Crippen LogP contribution in [0.15, 0.2) is 24.4 Å². The first kappa shape index (κ1) is 12.1. The van der Waals surface area contributed by atoms with E-state index in [0.717, 1.165) is 16.0 Å².